The van der Waals surface area contributed by atoms with Crippen molar-refractivity contribution < 1.29 is 19.0 Å². The van der Waals surface area contributed by atoms with Crippen LogP contribution in [0.4, 0.5) is 0 Å². The summed E-state index contributed by atoms with van der Waals surface area (Å²) in [6.45, 7) is 12.3. The third-order valence-corrected chi connectivity index (χ3v) is 5.61. The van der Waals surface area contributed by atoms with Crippen molar-refractivity contribution in [3.8, 4) is 11.5 Å². The first-order valence-corrected chi connectivity index (χ1v) is 11.1. The van der Waals surface area contributed by atoms with Gasteiger partial charge in [-0.1, -0.05) is 34.6 Å². The molecule has 2 N–H and O–H groups in total. The number of carbonyl (C=O) groups is 1. The van der Waals surface area contributed by atoms with E-state index >= 15 is 0 Å². The molecule has 0 bridgehead atoms. The van der Waals surface area contributed by atoms with Crippen LogP contribution in [-0.4, -0.2) is 50.3 Å². The van der Waals surface area contributed by atoms with Crippen molar-refractivity contribution in [3.63, 3.8) is 0 Å². The molecule has 1 unspecified atom stereocenters. The normalized spacial score (nSPS) is 21.8. The molecule has 1 aromatic rings. The Morgan fingerprint density at radius 2 is 1.67 bits per heavy atom. The molecule has 2 aliphatic rings. The van der Waals surface area contributed by atoms with Crippen LogP contribution in [0.3, 0.4) is 0 Å². The minimum atomic E-state index is -0.559. The van der Waals surface area contributed by atoms with Crippen LogP contribution in [-0.2, 0) is 16.0 Å². The number of nitrogens with zero attached hydrogens (tertiary/aromatic N) is 1. The van der Waals surface area contributed by atoms with Crippen LogP contribution in [0.5, 0.6) is 11.5 Å². The highest BCUT2D eigenvalue weighted by Crippen LogP contribution is 2.42. The van der Waals surface area contributed by atoms with E-state index in [0.717, 1.165) is 49.8 Å². The van der Waals surface area contributed by atoms with E-state index in [0.29, 0.717) is 0 Å². The quantitative estimate of drug-likeness (QED) is 0.727. The van der Waals surface area contributed by atoms with Crippen molar-refractivity contribution in [2.75, 3.05) is 27.3 Å². The second-order valence-electron chi connectivity index (χ2n) is 9.29. The Balaban J connectivity index is 0.000000735. The zero-order valence-corrected chi connectivity index (χ0v) is 19.7. The van der Waals surface area contributed by atoms with E-state index in [1.165, 1.54) is 11.1 Å². The monoisotopic (exact) mass is 420 g/mol. The molecule has 1 aromatic carbocycles. The van der Waals surface area contributed by atoms with Crippen LogP contribution < -0.4 is 15.2 Å². The molecular formula is C24H40N2O4. The number of ether oxygens (including phenoxy) is 3. The molecule has 6 heteroatoms. The molecule has 30 heavy (non-hydrogen) atoms. The standard InChI is InChI=1S/C20H30N2O4.C4H10/c1-12(2)19(21)20(23)26-14-6-8-22-7-5-13-9-17(24-3)18(25-4)11-15(13)16(22)10-14;1-4(2)3/h9,11-12,14,16,19H,5-8,10,21H2,1-4H3;4H,1-3H3/t14-,16?,19-;/m0./s1. The first-order chi connectivity index (χ1) is 14.2. The lowest BCUT2D eigenvalue weighted by atomic mass is 9.85. The van der Waals surface area contributed by atoms with Gasteiger partial charge in [0.2, 0.25) is 0 Å². The van der Waals surface area contributed by atoms with E-state index in [-0.39, 0.29) is 24.0 Å². The molecule has 0 spiro atoms. The van der Waals surface area contributed by atoms with Gasteiger partial charge >= 0.3 is 5.97 Å². The third-order valence-electron chi connectivity index (χ3n) is 5.61. The fraction of sp³-hybridized carbons (Fsp3) is 0.708. The predicted octanol–water partition coefficient (Wildman–Crippen LogP) is 3.95. The first-order valence-electron chi connectivity index (χ1n) is 11.1. The Labute approximate surface area is 182 Å². The Kier molecular flexibility index (Phi) is 8.98. The van der Waals surface area contributed by atoms with Crippen molar-refractivity contribution in [2.24, 2.45) is 17.6 Å². The number of esters is 1. The zero-order chi connectivity index (χ0) is 22.4. The van der Waals surface area contributed by atoms with Gasteiger partial charge in [-0.2, -0.15) is 0 Å². The minimum Gasteiger partial charge on any atom is -0.493 e. The summed E-state index contributed by atoms with van der Waals surface area (Å²) in [4.78, 5) is 14.7. The highest BCUT2D eigenvalue weighted by atomic mass is 16.5. The summed E-state index contributed by atoms with van der Waals surface area (Å²) in [6.07, 6.45) is 2.55. The molecule has 6 nitrogen and oxygen atoms in total. The number of hydrogen-bond donors (Lipinski definition) is 1. The molecule has 0 aromatic heterocycles. The highest BCUT2D eigenvalue weighted by molar-refractivity contribution is 5.76. The van der Waals surface area contributed by atoms with Crippen LogP contribution in [0, 0.1) is 11.8 Å². The van der Waals surface area contributed by atoms with E-state index in [4.69, 9.17) is 19.9 Å². The van der Waals surface area contributed by atoms with Gasteiger partial charge in [0.15, 0.2) is 11.5 Å². The molecule has 0 amide bonds. The fourth-order valence-corrected chi connectivity index (χ4v) is 3.92. The molecule has 0 aliphatic carbocycles. The second-order valence-corrected chi connectivity index (χ2v) is 9.29. The minimum absolute atomic E-state index is 0.0784. The summed E-state index contributed by atoms with van der Waals surface area (Å²) in [7, 11) is 3.32. The van der Waals surface area contributed by atoms with Gasteiger partial charge in [-0.25, -0.2) is 0 Å². The van der Waals surface area contributed by atoms with E-state index in [2.05, 4.69) is 37.8 Å². The van der Waals surface area contributed by atoms with Crippen molar-refractivity contribution >= 4 is 5.97 Å². The molecule has 1 fully saturated rings. The number of benzene rings is 1. The SMILES string of the molecule is CC(C)C.COc1cc2c(cc1OC)C1C[C@@H](OC(=O)[C@@H](N)C(C)C)CCN1CC2. The number of nitrogens with two attached hydrogens (primary N) is 1. The summed E-state index contributed by atoms with van der Waals surface area (Å²) >= 11 is 0. The predicted molar refractivity (Wildman–Crippen MR) is 120 cm³/mol. The highest BCUT2D eigenvalue weighted by Gasteiger charge is 2.36. The third kappa shape index (κ3) is 6.11. The number of methoxy groups -OCH3 is 2. The molecule has 1 saturated heterocycles. The molecule has 3 rings (SSSR count). The summed E-state index contributed by atoms with van der Waals surface area (Å²) in [5.74, 6) is 2.13. The summed E-state index contributed by atoms with van der Waals surface area (Å²) in [5.41, 5.74) is 8.48. The maximum Gasteiger partial charge on any atom is 0.323 e. The van der Waals surface area contributed by atoms with Gasteiger partial charge in [0.05, 0.1) is 14.2 Å². The van der Waals surface area contributed by atoms with Gasteiger partial charge < -0.3 is 19.9 Å². The Morgan fingerprint density at radius 3 is 2.23 bits per heavy atom. The Hall–Kier alpha value is -1.79. The lowest BCUT2D eigenvalue weighted by Crippen LogP contribution is -2.46. The van der Waals surface area contributed by atoms with Gasteiger partial charge in [0.1, 0.15) is 12.1 Å². The number of piperidine rings is 1. The molecule has 0 radical (unpaired) electrons. The molecule has 170 valence electrons. The maximum atomic E-state index is 12.2. The molecule has 2 aliphatic heterocycles. The molecule has 2 heterocycles. The van der Waals surface area contributed by atoms with Crippen molar-refractivity contribution in [1.82, 2.24) is 4.90 Å². The van der Waals surface area contributed by atoms with Crippen LogP contribution in [0.1, 0.15) is 64.6 Å². The van der Waals surface area contributed by atoms with Gasteiger partial charge in [0.25, 0.3) is 0 Å². The summed E-state index contributed by atoms with van der Waals surface area (Å²) < 4.78 is 16.7. The van der Waals surface area contributed by atoms with Crippen LogP contribution in [0.15, 0.2) is 12.1 Å². The Morgan fingerprint density at radius 1 is 1.07 bits per heavy atom. The van der Waals surface area contributed by atoms with Crippen LogP contribution in [0.2, 0.25) is 0 Å². The maximum absolute atomic E-state index is 12.2. The van der Waals surface area contributed by atoms with E-state index in [1.54, 1.807) is 14.2 Å². The van der Waals surface area contributed by atoms with Gasteiger partial charge in [-0.15, -0.1) is 0 Å². The average molecular weight is 421 g/mol. The largest absolute Gasteiger partial charge is 0.493 e. The molecular weight excluding hydrogens is 380 g/mol. The van der Waals surface area contributed by atoms with Crippen molar-refractivity contribution in [3.05, 3.63) is 23.3 Å². The number of rotatable bonds is 5. The average Bonchev–Trinajstić information content (AvgIpc) is 2.71. The van der Waals surface area contributed by atoms with Crippen LogP contribution in [0.25, 0.3) is 0 Å². The van der Waals surface area contributed by atoms with Crippen LogP contribution >= 0.6 is 0 Å². The molecule has 3 atom stereocenters. The van der Waals surface area contributed by atoms with Gasteiger partial charge in [0, 0.05) is 25.6 Å². The lowest BCUT2D eigenvalue weighted by Gasteiger charge is -2.43. The van der Waals surface area contributed by atoms with E-state index in [9.17, 15) is 4.79 Å². The summed E-state index contributed by atoms with van der Waals surface area (Å²) in [6, 6.07) is 3.83. The smallest absolute Gasteiger partial charge is 0.323 e. The van der Waals surface area contributed by atoms with E-state index in [1.807, 2.05) is 13.8 Å². The second kappa shape index (κ2) is 11.0. The first kappa shape index (κ1) is 24.5. The topological polar surface area (TPSA) is 74.0 Å². The van der Waals surface area contributed by atoms with Gasteiger partial charge in [-0.05, 0) is 47.9 Å². The van der Waals surface area contributed by atoms with Gasteiger partial charge in [-0.3, -0.25) is 9.69 Å². The number of fused-ring (bicyclic) bond motifs is 3. The number of hydrogen-bond acceptors (Lipinski definition) is 6. The Bertz CT molecular complexity index is 702. The van der Waals surface area contributed by atoms with Crippen molar-refractivity contribution in [2.45, 2.75) is 72.1 Å². The summed E-state index contributed by atoms with van der Waals surface area (Å²) in [5, 5.41) is 0. The lowest BCUT2D eigenvalue weighted by molar-refractivity contribution is -0.155. The van der Waals surface area contributed by atoms with E-state index < -0.39 is 6.04 Å². The zero-order valence-electron chi connectivity index (χ0n) is 19.7. The fourth-order valence-electron chi connectivity index (χ4n) is 3.92. The number of carbonyl (C=O) groups excluding carboxylic acids is 1. The molecule has 0 saturated carbocycles. The van der Waals surface area contributed by atoms with Crippen molar-refractivity contribution in [1.29, 1.82) is 0 Å².